The number of carboxylic acids is 1. The third-order valence-electron chi connectivity index (χ3n) is 3.91. The summed E-state index contributed by atoms with van der Waals surface area (Å²) in [6.07, 6.45) is -12.8. The first-order chi connectivity index (χ1) is 15.7. The summed E-state index contributed by atoms with van der Waals surface area (Å²) in [5, 5.41) is 16.1. The molecule has 222 valence electrons. The van der Waals surface area contributed by atoms with Crippen LogP contribution in [0.5, 0.6) is 0 Å². The van der Waals surface area contributed by atoms with Crippen molar-refractivity contribution in [2.24, 2.45) is 0 Å². The molecule has 2 N–H and O–H groups in total. The van der Waals surface area contributed by atoms with Crippen LogP contribution in [0, 0.1) is 0 Å². The van der Waals surface area contributed by atoms with Gasteiger partial charge in [0.15, 0.2) is 0 Å². The molecule has 0 bridgehead atoms. The van der Waals surface area contributed by atoms with Crippen molar-refractivity contribution in [3.63, 3.8) is 0 Å². The Bertz CT molecular complexity index is 812. The van der Waals surface area contributed by atoms with E-state index in [1.165, 1.54) is 0 Å². The molecule has 22 heteroatoms. The van der Waals surface area contributed by atoms with Gasteiger partial charge in [-0.25, -0.2) is 4.79 Å². The van der Waals surface area contributed by atoms with Crippen LogP contribution in [0.1, 0.15) is 13.3 Å². The van der Waals surface area contributed by atoms with Crippen LogP contribution >= 0.6 is 0 Å². The molecule has 0 aromatic rings. The SMILES string of the molecule is C=CC(=O)O.CC(O)CC(F)(F)C(F)(F)C(F)(F)C(F)(F)C(F)(F)C(F)(F)C(F)(F)C(F)(F)C(F)(F)F. The number of hydrogen-bond donors (Lipinski definition) is 2. The molecule has 0 spiro atoms. The van der Waals surface area contributed by atoms with E-state index in [2.05, 4.69) is 6.58 Å². The zero-order valence-electron chi connectivity index (χ0n) is 17.1. The van der Waals surface area contributed by atoms with Crippen LogP contribution < -0.4 is 0 Å². The van der Waals surface area contributed by atoms with Crippen LogP contribution in [0.15, 0.2) is 12.7 Å². The molecule has 0 radical (unpaired) electrons. The molecular formula is C15H11F19O3. The Labute approximate surface area is 191 Å². The molecule has 0 aromatic heterocycles. The monoisotopic (exact) mass is 600 g/mol. The normalized spacial score (nSPS) is 16.0. The zero-order chi connectivity index (χ0) is 31.1. The van der Waals surface area contributed by atoms with Gasteiger partial charge >= 0.3 is 59.5 Å². The van der Waals surface area contributed by atoms with Gasteiger partial charge in [0.1, 0.15) is 0 Å². The highest BCUT2D eigenvalue weighted by atomic mass is 19.4. The van der Waals surface area contributed by atoms with E-state index in [1.54, 1.807) is 0 Å². The molecule has 0 aromatic carbocycles. The van der Waals surface area contributed by atoms with Crippen LogP contribution in [0.25, 0.3) is 0 Å². The molecule has 0 aliphatic carbocycles. The number of aliphatic hydroxyl groups excluding tert-OH is 1. The molecular weight excluding hydrogens is 589 g/mol. The van der Waals surface area contributed by atoms with Crippen molar-refractivity contribution < 1.29 is 98.4 Å². The van der Waals surface area contributed by atoms with Crippen LogP contribution in [0.3, 0.4) is 0 Å². The van der Waals surface area contributed by atoms with Crippen molar-refractivity contribution in [3.05, 3.63) is 12.7 Å². The molecule has 1 atom stereocenters. The minimum absolute atomic E-state index is 0.128. The molecule has 0 heterocycles. The Hall–Kier alpha value is -2.16. The minimum Gasteiger partial charge on any atom is -0.478 e. The van der Waals surface area contributed by atoms with Crippen molar-refractivity contribution in [2.45, 2.75) is 73.0 Å². The zero-order valence-corrected chi connectivity index (χ0v) is 17.1. The van der Waals surface area contributed by atoms with Crippen molar-refractivity contribution in [2.75, 3.05) is 0 Å². The quantitative estimate of drug-likeness (QED) is 0.218. The first-order valence-corrected chi connectivity index (χ1v) is 8.31. The summed E-state index contributed by atoms with van der Waals surface area (Å²) in [6.45, 7) is 3.09. The van der Waals surface area contributed by atoms with Crippen molar-refractivity contribution in [1.29, 1.82) is 0 Å². The summed E-state index contributed by atoms with van der Waals surface area (Å²) in [5.74, 6) is -67.6. The van der Waals surface area contributed by atoms with Crippen LogP contribution in [-0.4, -0.2) is 75.8 Å². The summed E-state index contributed by atoms with van der Waals surface area (Å²) in [6, 6.07) is 0. The van der Waals surface area contributed by atoms with Crippen molar-refractivity contribution in [3.8, 4) is 0 Å². The lowest BCUT2D eigenvalue weighted by molar-refractivity contribution is -0.469. The van der Waals surface area contributed by atoms with E-state index in [0.29, 0.717) is 0 Å². The number of halogens is 19. The van der Waals surface area contributed by atoms with Gasteiger partial charge in [0.25, 0.3) is 0 Å². The standard InChI is InChI=1S/C12H7F19O.C3H4O2/c1-3(32)2-4(13,14)5(15,16)6(17,18)7(19,20)8(21,22)9(23,24)10(25,26)11(27,28)12(29,30)31;1-2-3(4)5/h3,32H,2H2,1H3;2H,1H2,(H,4,5). The fourth-order valence-electron chi connectivity index (χ4n) is 1.89. The fraction of sp³-hybridized carbons (Fsp3) is 0.800. The molecule has 0 aliphatic heterocycles. The summed E-state index contributed by atoms with van der Waals surface area (Å²) < 4.78 is 246. The van der Waals surface area contributed by atoms with Crippen LogP contribution in [0.2, 0.25) is 0 Å². The van der Waals surface area contributed by atoms with Crippen LogP contribution in [0.4, 0.5) is 83.4 Å². The molecule has 0 saturated heterocycles. The van der Waals surface area contributed by atoms with Crippen LogP contribution in [-0.2, 0) is 4.79 Å². The molecule has 37 heavy (non-hydrogen) atoms. The number of carbonyl (C=O) groups is 1. The first kappa shape index (κ1) is 37.0. The lowest BCUT2D eigenvalue weighted by atomic mass is 9.86. The average Bonchev–Trinajstić information content (AvgIpc) is 2.65. The third-order valence-corrected chi connectivity index (χ3v) is 3.91. The number of alkyl halides is 19. The Kier molecular flexibility index (Phi) is 10.2. The van der Waals surface area contributed by atoms with E-state index in [9.17, 15) is 88.2 Å². The van der Waals surface area contributed by atoms with Gasteiger partial charge in [0.2, 0.25) is 0 Å². The largest absolute Gasteiger partial charge is 0.478 e. The predicted molar refractivity (Wildman–Crippen MR) is 79.8 cm³/mol. The molecule has 0 fully saturated rings. The summed E-state index contributed by atoms with van der Waals surface area (Å²) in [4.78, 5) is 9.25. The van der Waals surface area contributed by atoms with Gasteiger partial charge in [-0.05, 0) is 6.92 Å². The van der Waals surface area contributed by atoms with E-state index in [-0.39, 0.29) is 6.92 Å². The smallest absolute Gasteiger partial charge is 0.460 e. The number of aliphatic carboxylic acids is 1. The van der Waals surface area contributed by atoms with Crippen molar-refractivity contribution in [1.82, 2.24) is 0 Å². The lowest BCUT2D eigenvalue weighted by Crippen LogP contribution is -2.75. The van der Waals surface area contributed by atoms with Gasteiger partial charge in [0.05, 0.1) is 6.10 Å². The van der Waals surface area contributed by atoms with Gasteiger partial charge in [-0.3, -0.25) is 0 Å². The summed E-state index contributed by atoms with van der Waals surface area (Å²) in [5.41, 5.74) is 0. The number of rotatable bonds is 10. The molecule has 0 amide bonds. The van der Waals surface area contributed by atoms with Gasteiger partial charge in [-0.15, -0.1) is 0 Å². The van der Waals surface area contributed by atoms with E-state index in [0.717, 1.165) is 6.08 Å². The van der Waals surface area contributed by atoms with Gasteiger partial charge in [0, 0.05) is 12.5 Å². The summed E-state index contributed by atoms with van der Waals surface area (Å²) in [7, 11) is 0. The minimum atomic E-state index is -8.92. The number of hydrogen-bond acceptors (Lipinski definition) is 2. The fourth-order valence-corrected chi connectivity index (χ4v) is 1.89. The maximum absolute atomic E-state index is 13.3. The Morgan fingerprint density at radius 3 is 1.03 bits per heavy atom. The van der Waals surface area contributed by atoms with E-state index in [4.69, 9.17) is 10.2 Å². The predicted octanol–water partition coefficient (Wildman–Crippen LogP) is 6.66. The van der Waals surface area contributed by atoms with Gasteiger partial charge < -0.3 is 10.2 Å². The van der Waals surface area contributed by atoms with Crippen molar-refractivity contribution >= 4 is 5.97 Å². The second-order valence-electron chi connectivity index (χ2n) is 6.82. The second-order valence-corrected chi connectivity index (χ2v) is 6.82. The number of aliphatic hydroxyl groups is 1. The Morgan fingerprint density at radius 2 is 0.838 bits per heavy atom. The van der Waals surface area contributed by atoms with Gasteiger partial charge in [-0.1, -0.05) is 6.58 Å². The number of carboxylic acid groups (broad SMARTS) is 1. The molecule has 0 saturated carbocycles. The maximum atomic E-state index is 13.3. The third kappa shape index (κ3) is 5.81. The highest BCUT2D eigenvalue weighted by Gasteiger charge is 2.96. The van der Waals surface area contributed by atoms with E-state index in [1.807, 2.05) is 0 Å². The van der Waals surface area contributed by atoms with Gasteiger partial charge in [-0.2, -0.15) is 83.4 Å². The average molecular weight is 600 g/mol. The molecule has 0 aliphatic rings. The molecule has 0 rings (SSSR count). The topological polar surface area (TPSA) is 57.5 Å². The molecule has 3 nitrogen and oxygen atoms in total. The van der Waals surface area contributed by atoms with E-state index >= 15 is 0 Å². The first-order valence-electron chi connectivity index (χ1n) is 8.31. The maximum Gasteiger partial charge on any atom is 0.460 e. The highest BCUT2D eigenvalue weighted by Crippen LogP contribution is 2.65. The molecule has 1 unspecified atom stereocenters. The van der Waals surface area contributed by atoms with E-state index < -0.39 is 72.1 Å². The Morgan fingerprint density at radius 1 is 0.622 bits per heavy atom. The second kappa shape index (κ2) is 10.2. The Balaban J connectivity index is 0. The summed E-state index contributed by atoms with van der Waals surface area (Å²) >= 11 is 0. The lowest BCUT2D eigenvalue weighted by Gasteiger charge is -2.43. The highest BCUT2D eigenvalue weighted by molar-refractivity contribution is 5.78.